The molecule has 18 heavy (non-hydrogen) atoms. The topological polar surface area (TPSA) is 60.1 Å². The molecule has 0 aromatic carbocycles. The van der Waals surface area contributed by atoms with Gasteiger partial charge in [-0.2, -0.15) is 0 Å². The lowest BCUT2D eigenvalue weighted by Gasteiger charge is -2.02. The van der Waals surface area contributed by atoms with Crippen molar-refractivity contribution in [3.63, 3.8) is 0 Å². The largest absolute Gasteiger partial charge is 0.463 e. The SMILES string of the molecule is CCCNCc1ccc(Cn2cnccc2=O)o1. The molecule has 2 aromatic heterocycles. The molecule has 2 rings (SSSR count). The van der Waals surface area contributed by atoms with E-state index < -0.39 is 0 Å². The fourth-order valence-electron chi connectivity index (χ4n) is 1.66. The second kappa shape index (κ2) is 6.16. The fraction of sp³-hybridized carbons (Fsp3) is 0.385. The Morgan fingerprint density at radius 1 is 1.33 bits per heavy atom. The highest BCUT2D eigenvalue weighted by Gasteiger charge is 2.03. The molecule has 0 aliphatic rings. The first kappa shape index (κ1) is 12.6. The van der Waals surface area contributed by atoms with E-state index in [1.165, 1.54) is 23.2 Å². The van der Waals surface area contributed by atoms with Gasteiger partial charge in [0.05, 0.1) is 19.4 Å². The minimum Gasteiger partial charge on any atom is -0.463 e. The molecule has 0 atom stereocenters. The van der Waals surface area contributed by atoms with Gasteiger partial charge in [0, 0.05) is 12.3 Å². The van der Waals surface area contributed by atoms with Crippen LogP contribution in [0.15, 0.2) is 39.9 Å². The molecule has 0 aliphatic heterocycles. The molecule has 0 saturated carbocycles. The lowest BCUT2D eigenvalue weighted by atomic mass is 10.4. The van der Waals surface area contributed by atoms with Gasteiger partial charge in [0.25, 0.3) is 5.56 Å². The van der Waals surface area contributed by atoms with Crippen molar-refractivity contribution in [2.24, 2.45) is 0 Å². The average molecular weight is 247 g/mol. The molecule has 0 fully saturated rings. The van der Waals surface area contributed by atoms with E-state index >= 15 is 0 Å². The van der Waals surface area contributed by atoms with Crippen molar-refractivity contribution in [2.75, 3.05) is 6.54 Å². The molecule has 2 aromatic rings. The first-order valence-electron chi connectivity index (χ1n) is 6.08. The highest BCUT2D eigenvalue weighted by atomic mass is 16.3. The number of aromatic nitrogens is 2. The number of hydrogen-bond acceptors (Lipinski definition) is 4. The van der Waals surface area contributed by atoms with Crippen LogP contribution in [0, 0.1) is 0 Å². The zero-order valence-corrected chi connectivity index (χ0v) is 10.4. The third-order valence-electron chi connectivity index (χ3n) is 2.56. The Morgan fingerprint density at radius 3 is 2.94 bits per heavy atom. The Bertz CT molecular complexity index is 545. The minimum absolute atomic E-state index is 0.0768. The molecule has 2 heterocycles. The predicted molar refractivity (Wildman–Crippen MR) is 68.3 cm³/mol. The van der Waals surface area contributed by atoms with Crippen molar-refractivity contribution in [3.8, 4) is 0 Å². The van der Waals surface area contributed by atoms with Crippen molar-refractivity contribution in [1.82, 2.24) is 14.9 Å². The van der Waals surface area contributed by atoms with Crippen molar-refractivity contribution in [1.29, 1.82) is 0 Å². The van der Waals surface area contributed by atoms with E-state index in [1.807, 2.05) is 12.1 Å². The van der Waals surface area contributed by atoms with Crippen LogP contribution in [-0.4, -0.2) is 16.1 Å². The Hall–Kier alpha value is -1.88. The van der Waals surface area contributed by atoms with Gasteiger partial charge in [-0.05, 0) is 25.1 Å². The lowest BCUT2D eigenvalue weighted by molar-refractivity contribution is 0.435. The Labute approximate surface area is 105 Å². The van der Waals surface area contributed by atoms with Crippen LogP contribution in [0.2, 0.25) is 0 Å². The van der Waals surface area contributed by atoms with E-state index in [1.54, 1.807) is 0 Å². The van der Waals surface area contributed by atoms with Crippen molar-refractivity contribution in [3.05, 3.63) is 52.6 Å². The fourth-order valence-corrected chi connectivity index (χ4v) is 1.66. The van der Waals surface area contributed by atoms with E-state index in [0.29, 0.717) is 6.54 Å². The van der Waals surface area contributed by atoms with Crippen molar-refractivity contribution >= 4 is 0 Å². The van der Waals surface area contributed by atoms with Crippen LogP contribution in [0.4, 0.5) is 0 Å². The standard InChI is InChI=1S/C13H17N3O2/c1-2-6-14-8-11-3-4-12(18-11)9-16-10-15-7-5-13(16)17/h3-5,7,10,14H,2,6,8-9H2,1H3. The maximum atomic E-state index is 11.5. The normalized spacial score (nSPS) is 10.7. The number of furan rings is 1. The molecule has 0 saturated heterocycles. The molecular formula is C13H17N3O2. The molecule has 5 nitrogen and oxygen atoms in total. The van der Waals surface area contributed by atoms with E-state index in [9.17, 15) is 4.79 Å². The summed E-state index contributed by atoms with van der Waals surface area (Å²) in [6.45, 7) is 4.23. The van der Waals surface area contributed by atoms with Gasteiger partial charge in [0.2, 0.25) is 0 Å². The maximum Gasteiger partial charge on any atom is 0.253 e. The van der Waals surface area contributed by atoms with E-state index in [2.05, 4.69) is 17.2 Å². The summed E-state index contributed by atoms with van der Waals surface area (Å²) in [6, 6.07) is 5.26. The zero-order valence-electron chi connectivity index (χ0n) is 10.4. The Balaban J connectivity index is 1.98. The van der Waals surface area contributed by atoms with Crippen LogP contribution >= 0.6 is 0 Å². The van der Waals surface area contributed by atoms with Gasteiger partial charge in [0.1, 0.15) is 11.5 Å². The predicted octanol–water partition coefficient (Wildman–Crippen LogP) is 1.38. The summed E-state index contributed by atoms with van der Waals surface area (Å²) in [5.74, 6) is 1.65. The molecule has 0 radical (unpaired) electrons. The second-order valence-corrected chi connectivity index (χ2v) is 4.09. The number of nitrogens with zero attached hydrogens (tertiary/aromatic N) is 2. The Morgan fingerprint density at radius 2 is 2.17 bits per heavy atom. The second-order valence-electron chi connectivity index (χ2n) is 4.09. The molecule has 1 N–H and O–H groups in total. The van der Waals surface area contributed by atoms with Gasteiger partial charge in [-0.25, -0.2) is 4.98 Å². The zero-order chi connectivity index (χ0) is 12.8. The van der Waals surface area contributed by atoms with Crippen LogP contribution in [-0.2, 0) is 13.1 Å². The molecule has 96 valence electrons. The molecule has 0 aliphatic carbocycles. The van der Waals surface area contributed by atoms with Gasteiger partial charge >= 0.3 is 0 Å². The monoisotopic (exact) mass is 247 g/mol. The maximum absolute atomic E-state index is 11.5. The van der Waals surface area contributed by atoms with Gasteiger partial charge < -0.3 is 9.73 Å². The van der Waals surface area contributed by atoms with Crippen LogP contribution in [0.3, 0.4) is 0 Å². The molecule has 0 amide bonds. The van der Waals surface area contributed by atoms with Gasteiger partial charge in [-0.3, -0.25) is 9.36 Å². The summed E-state index contributed by atoms with van der Waals surface area (Å²) in [5.41, 5.74) is -0.0768. The summed E-state index contributed by atoms with van der Waals surface area (Å²) >= 11 is 0. The molecule has 5 heteroatoms. The molecule has 0 bridgehead atoms. The summed E-state index contributed by atoms with van der Waals surface area (Å²) in [7, 11) is 0. The summed E-state index contributed by atoms with van der Waals surface area (Å²) in [6.07, 6.45) is 4.10. The third kappa shape index (κ3) is 3.30. The number of rotatable bonds is 6. The van der Waals surface area contributed by atoms with Gasteiger partial charge in [-0.15, -0.1) is 0 Å². The van der Waals surface area contributed by atoms with E-state index in [4.69, 9.17) is 4.42 Å². The van der Waals surface area contributed by atoms with Gasteiger partial charge in [-0.1, -0.05) is 6.92 Å². The van der Waals surface area contributed by atoms with Crippen molar-refractivity contribution in [2.45, 2.75) is 26.4 Å². The Kier molecular flexibility index (Phi) is 4.30. The van der Waals surface area contributed by atoms with Crippen LogP contribution < -0.4 is 10.9 Å². The smallest absolute Gasteiger partial charge is 0.253 e. The van der Waals surface area contributed by atoms with Crippen LogP contribution in [0.25, 0.3) is 0 Å². The first-order chi connectivity index (χ1) is 8.79. The van der Waals surface area contributed by atoms with Crippen molar-refractivity contribution < 1.29 is 4.42 Å². The lowest BCUT2D eigenvalue weighted by Crippen LogP contribution is -2.19. The quantitative estimate of drug-likeness (QED) is 0.783. The average Bonchev–Trinajstić information content (AvgIpc) is 2.80. The molecular weight excluding hydrogens is 230 g/mol. The third-order valence-corrected chi connectivity index (χ3v) is 2.56. The minimum atomic E-state index is -0.0768. The van der Waals surface area contributed by atoms with E-state index in [0.717, 1.165) is 31.0 Å². The summed E-state index contributed by atoms with van der Waals surface area (Å²) in [4.78, 5) is 15.4. The summed E-state index contributed by atoms with van der Waals surface area (Å²) < 4.78 is 7.16. The van der Waals surface area contributed by atoms with Gasteiger partial charge in [0.15, 0.2) is 0 Å². The highest BCUT2D eigenvalue weighted by Crippen LogP contribution is 2.08. The van der Waals surface area contributed by atoms with Crippen LogP contribution in [0.1, 0.15) is 24.9 Å². The van der Waals surface area contributed by atoms with E-state index in [-0.39, 0.29) is 5.56 Å². The number of nitrogens with one attached hydrogen (secondary N) is 1. The van der Waals surface area contributed by atoms with Crippen LogP contribution in [0.5, 0.6) is 0 Å². The first-order valence-corrected chi connectivity index (χ1v) is 6.08. The highest BCUT2D eigenvalue weighted by molar-refractivity contribution is 5.07. The molecule has 0 unspecified atom stereocenters. The number of hydrogen-bond donors (Lipinski definition) is 1. The molecule has 0 spiro atoms. The summed E-state index contributed by atoms with van der Waals surface area (Å²) in [5, 5.41) is 3.27.